The molecule has 1 N–H and O–H groups in total. The van der Waals surface area contributed by atoms with Gasteiger partial charge in [-0.3, -0.25) is 9.59 Å². The SMILES string of the molecule is COc1ccc(CN2C(=O)c3cc4sccc4n3C[C@]2(C)C(=O)N[C@H]2CCCC[C@@H]2C)cc1. The smallest absolute Gasteiger partial charge is 0.271 e. The minimum atomic E-state index is -0.991. The summed E-state index contributed by atoms with van der Waals surface area (Å²) in [7, 11) is 1.64. The maximum atomic E-state index is 13.9. The van der Waals surface area contributed by atoms with Gasteiger partial charge in [0.2, 0.25) is 5.91 Å². The number of hydrogen-bond donors (Lipinski definition) is 1. The zero-order valence-corrected chi connectivity index (χ0v) is 20.3. The number of hydrogen-bond acceptors (Lipinski definition) is 4. The molecule has 0 spiro atoms. The number of rotatable bonds is 5. The van der Waals surface area contributed by atoms with Crippen molar-refractivity contribution in [2.24, 2.45) is 5.92 Å². The summed E-state index contributed by atoms with van der Waals surface area (Å²) in [6.07, 6.45) is 4.49. The molecule has 3 heterocycles. The summed E-state index contributed by atoms with van der Waals surface area (Å²) in [4.78, 5) is 29.4. The van der Waals surface area contributed by atoms with E-state index in [4.69, 9.17) is 4.74 Å². The number of benzene rings is 1. The molecule has 2 amide bonds. The molecule has 174 valence electrons. The molecule has 3 atom stereocenters. The highest BCUT2D eigenvalue weighted by Crippen LogP contribution is 2.36. The lowest BCUT2D eigenvalue weighted by molar-refractivity contribution is -0.134. The van der Waals surface area contributed by atoms with Gasteiger partial charge in [0.15, 0.2) is 0 Å². The Balaban J connectivity index is 1.51. The van der Waals surface area contributed by atoms with Gasteiger partial charge in [-0.05, 0) is 60.9 Å². The number of amides is 2. The lowest BCUT2D eigenvalue weighted by Crippen LogP contribution is -2.65. The van der Waals surface area contributed by atoms with Gasteiger partial charge in [-0.2, -0.15) is 0 Å². The van der Waals surface area contributed by atoms with E-state index in [1.54, 1.807) is 23.3 Å². The predicted molar refractivity (Wildman–Crippen MR) is 131 cm³/mol. The largest absolute Gasteiger partial charge is 0.497 e. The van der Waals surface area contributed by atoms with Crippen molar-refractivity contribution >= 4 is 33.4 Å². The van der Waals surface area contributed by atoms with Crippen molar-refractivity contribution in [2.75, 3.05) is 7.11 Å². The number of methoxy groups -OCH3 is 1. The molecule has 1 saturated carbocycles. The first-order valence-electron chi connectivity index (χ1n) is 11.7. The van der Waals surface area contributed by atoms with E-state index in [2.05, 4.69) is 12.2 Å². The van der Waals surface area contributed by atoms with Crippen molar-refractivity contribution in [1.29, 1.82) is 0 Å². The number of carbonyl (C=O) groups is 2. The molecule has 6 nitrogen and oxygen atoms in total. The van der Waals surface area contributed by atoms with Crippen LogP contribution in [0.3, 0.4) is 0 Å². The van der Waals surface area contributed by atoms with Crippen molar-refractivity contribution in [2.45, 2.75) is 64.2 Å². The van der Waals surface area contributed by atoms with Gasteiger partial charge in [-0.15, -0.1) is 11.3 Å². The second-order valence-electron chi connectivity index (χ2n) is 9.64. The van der Waals surface area contributed by atoms with Crippen LogP contribution in [-0.4, -0.2) is 40.0 Å². The standard InChI is InChI=1S/C26H31N3O3S/c1-17-6-4-5-7-20(17)27-25(31)26(2)16-28-21-12-13-33-23(21)14-22(28)24(30)29(26)15-18-8-10-19(32-3)11-9-18/h8-14,17,20H,4-7,15-16H2,1-3H3,(H,27,31)/t17-,20-,26+/m0/s1. The van der Waals surface area contributed by atoms with Gasteiger partial charge < -0.3 is 19.5 Å². The average molecular weight is 466 g/mol. The molecule has 1 aromatic carbocycles. The van der Waals surface area contributed by atoms with Gasteiger partial charge in [-0.25, -0.2) is 0 Å². The fourth-order valence-electron chi connectivity index (χ4n) is 5.29. The van der Waals surface area contributed by atoms with Crippen LogP contribution in [0.2, 0.25) is 0 Å². The van der Waals surface area contributed by atoms with E-state index in [9.17, 15) is 9.59 Å². The summed E-state index contributed by atoms with van der Waals surface area (Å²) in [5.41, 5.74) is 1.66. The van der Waals surface area contributed by atoms with E-state index in [-0.39, 0.29) is 17.9 Å². The molecule has 7 heteroatoms. The third-order valence-corrected chi connectivity index (χ3v) is 8.32. The lowest BCUT2D eigenvalue weighted by atomic mass is 9.85. The predicted octanol–water partition coefficient (Wildman–Crippen LogP) is 4.82. The highest BCUT2D eigenvalue weighted by atomic mass is 32.1. The molecule has 0 bridgehead atoms. The lowest BCUT2D eigenvalue weighted by Gasteiger charge is -2.45. The van der Waals surface area contributed by atoms with Crippen LogP contribution in [0, 0.1) is 5.92 Å². The van der Waals surface area contributed by atoms with Crippen molar-refractivity contribution < 1.29 is 14.3 Å². The number of fused-ring (bicyclic) bond motifs is 3. The fraction of sp³-hybridized carbons (Fsp3) is 0.462. The zero-order valence-electron chi connectivity index (χ0n) is 19.5. The number of nitrogens with one attached hydrogen (secondary N) is 1. The zero-order chi connectivity index (χ0) is 23.2. The number of nitrogens with zero attached hydrogens (tertiary/aromatic N) is 2. The first kappa shape index (κ1) is 22.0. The quantitative estimate of drug-likeness (QED) is 0.588. The maximum Gasteiger partial charge on any atom is 0.271 e. The molecular weight excluding hydrogens is 434 g/mol. The van der Waals surface area contributed by atoms with E-state index in [0.717, 1.165) is 40.8 Å². The minimum Gasteiger partial charge on any atom is -0.497 e. The van der Waals surface area contributed by atoms with Gasteiger partial charge in [0, 0.05) is 12.6 Å². The Labute approximate surface area is 198 Å². The summed E-state index contributed by atoms with van der Waals surface area (Å²) in [6, 6.07) is 11.9. The van der Waals surface area contributed by atoms with Crippen molar-refractivity contribution in [3.63, 3.8) is 0 Å². The Hall–Kier alpha value is -2.80. The first-order chi connectivity index (χ1) is 15.9. The normalized spacial score (nSPS) is 25.2. The van der Waals surface area contributed by atoms with Gasteiger partial charge in [0.1, 0.15) is 17.0 Å². The maximum absolute atomic E-state index is 13.9. The minimum absolute atomic E-state index is 0.0640. The number of carbonyl (C=O) groups excluding carboxylic acids is 2. The van der Waals surface area contributed by atoms with Crippen LogP contribution >= 0.6 is 11.3 Å². The van der Waals surface area contributed by atoms with Crippen LogP contribution in [0.1, 0.15) is 55.6 Å². The van der Waals surface area contributed by atoms with Crippen LogP contribution in [0.4, 0.5) is 0 Å². The van der Waals surface area contributed by atoms with Crippen LogP contribution < -0.4 is 10.1 Å². The molecule has 0 radical (unpaired) electrons. The van der Waals surface area contributed by atoms with Gasteiger partial charge in [0.25, 0.3) is 5.91 Å². The molecular formula is C26H31N3O3S. The monoisotopic (exact) mass is 465 g/mol. The van der Waals surface area contributed by atoms with Gasteiger partial charge in [0.05, 0.1) is 23.9 Å². The third-order valence-electron chi connectivity index (χ3n) is 7.47. The van der Waals surface area contributed by atoms with E-state index in [1.807, 2.05) is 53.3 Å². The van der Waals surface area contributed by atoms with E-state index < -0.39 is 5.54 Å². The van der Waals surface area contributed by atoms with Crippen LogP contribution in [0.5, 0.6) is 5.75 Å². The highest BCUT2D eigenvalue weighted by Gasteiger charge is 2.48. The average Bonchev–Trinajstić information content (AvgIpc) is 3.41. The molecule has 2 aromatic heterocycles. The first-order valence-corrected chi connectivity index (χ1v) is 12.6. The number of ether oxygens (including phenoxy) is 1. The van der Waals surface area contributed by atoms with Crippen molar-refractivity contribution in [3.8, 4) is 5.75 Å². The Bertz CT molecular complexity index is 1180. The summed E-state index contributed by atoms with van der Waals surface area (Å²) in [5, 5.41) is 5.37. The fourth-order valence-corrected chi connectivity index (χ4v) is 6.11. The summed E-state index contributed by atoms with van der Waals surface area (Å²) < 4.78 is 8.39. The Kier molecular flexibility index (Phi) is 5.69. The molecule has 1 aliphatic heterocycles. The Morgan fingerprint density at radius 3 is 2.70 bits per heavy atom. The van der Waals surface area contributed by atoms with E-state index in [1.165, 1.54) is 6.42 Å². The molecule has 2 aliphatic rings. The third kappa shape index (κ3) is 3.82. The molecule has 0 saturated heterocycles. The topological polar surface area (TPSA) is 63.6 Å². The van der Waals surface area contributed by atoms with Crippen LogP contribution in [-0.2, 0) is 17.9 Å². The molecule has 5 rings (SSSR count). The van der Waals surface area contributed by atoms with Crippen molar-refractivity contribution in [3.05, 3.63) is 53.0 Å². The van der Waals surface area contributed by atoms with E-state index >= 15 is 0 Å². The van der Waals surface area contributed by atoms with E-state index in [0.29, 0.717) is 24.7 Å². The second-order valence-corrected chi connectivity index (χ2v) is 10.6. The Morgan fingerprint density at radius 2 is 1.97 bits per heavy atom. The molecule has 1 fully saturated rings. The molecule has 0 unspecified atom stereocenters. The van der Waals surface area contributed by atoms with Crippen LogP contribution in [0.15, 0.2) is 41.8 Å². The Morgan fingerprint density at radius 1 is 1.21 bits per heavy atom. The number of thiophene rings is 1. The molecule has 1 aliphatic carbocycles. The summed E-state index contributed by atoms with van der Waals surface area (Å²) >= 11 is 1.62. The molecule has 3 aromatic rings. The summed E-state index contributed by atoms with van der Waals surface area (Å²) in [5.74, 6) is 1.05. The molecule has 33 heavy (non-hydrogen) atoms. The second kappa shape index (κ2) is 8.52. The number of aromatic nitrogens is 1. The summed E-state index contributed by atoms with van der Waals surface area (Å²) in [6.45, 7) is 4.94. The highest BCUT2D eigenvalue weighted by molar-refractivity contribution is 7.17. The van der Waals surface area contributed by atoms with Gasteiger partial charge >= 0.3 is 0 Å². The van der Waals surface area contributed by atoms with Crippen molar-refractivity contribution in [1.82, 2.24) is 14.8 Å². The van der Waals surface area contributed by atoms with Crippen LogP contribution in [0.25, 0.3) is 10.2 Å². The van der Waals surface area contributed by atoms with Gasteiger partial charge in [-0.1, -0.05) is 31.9 Å².